The van der Waals surface area contributed by atoms with Crippen LogP contribution in [-0.2, 0) is 4.79 Å². The first-order valence-electron chi connectivity index (χ1n) is 8.23. The number of hydrogen-bond donors (Lipinski definition) is 2. The van der Waals surface area contributed by atoms with Gasteiger partial charge in [0.15, 0.2) is 0 Å². The van der Waals surface area contributed by atoms with Gasteiger partial charge in [0.25, 0.3) is 5.91 Å². The molecule has 0 radical (unpaired) electrons. The number of benzene rings is 2. The van der Waals surface area contributed by atoms with Gasteiger partial charge in [-0.2, -0.15) is 0 Å². The highest BCUT2D eigenvalue weighted by molar-refractivity contribution is 5.95. The monoisotopic (exact) mass is 340 g/mol. The Kier molecular flexibility index (Phi) is 6.17. The summed E-state index contributed by atoms with van der Waals surface area (Å²) in [5.41, 5.74) is 2.24. The van der Waals surface area contributed by atoms with Gasteiger partial charge >= 0.3 is 0 Å². The van der Waals surface area contributed by atoms with E-state index < -0.39 is 0 Å². The van der Waals surface area contributed by atoms with E-state index >= 15 is 0 Å². The molecule has 2 aromatic rings. The Labute approximate surface area is 148 Å². The molecule has 1 atom stereocenters. The molecule has 2 amide bonds. The summed E-state index contributed by atoms with van der Waals surface area (Å²) in [5.74, 6) is 0.725. The van der Waals surface area contributed by atoms with Crippen molar-refractivity contribution in [1.82, 2.24) is 5.32 Å². The van der Waals surface area contributed by atoms with Crippen LogP contribution < -0.4 is 15.4 Å². The minimum atomic E-state index is -0.149. The molecule has 0 aliphatic heterocycles. The highest BCUT2D eigenvalue weighted by Gasteiger charge is 2.19. The number of carbonyl (C=O) groups is 2. The fourth-order valence-electron chi connectivity index (χ4n) is 2.58. The number of carbonyl (C=O) groups excluding carboxylic acids is 2. The van der Waals surface area contributed by atoms with E-state index in [-0.39, 0.29) is 23.8 Å². The lowest BCUT2D eigenvalue weighted by Gasteiger charge is -2.23. The predicted octanol–water partition coefficient (Wildman–Crippen LogP) is 3.78. The van der Waals surface area contributed by atoms with E-state index in [1.807, 2.05) is 24.3 Å². The van der Waals surface area contributed by atoms with Crippen molar-refractivity contribution in [3.8, 4) is 5.75 Å². The number of anilines is 1. The largest absolute Gasteiger partial charge is 0.497 e. The van der Waals surface area contributed by atoms with Crippen molar-refractivity contribution in [2.24, 2.45) is 5.92 Å². The van der Waals surface area contributed by atoms with Crippen LogP contribution in [0.15, 0.2) is 48.5 Å². The molecule has 132 valence electrons. The van der Waals surface area contributed by atoms with E-state index in [0.717, 1.165) is 11.3 Å². The second kappa shape index (κ2) is 8.33. The average Bonchev–Trinajstić information content (AvgIpc) is 2.59. The Balaban J connectivity index is 2.12. The van der Waals surface area contributed by atoms with Crippen LogP contribution in [0.2, 0.25) is 0 Å². The zero-order valence-corrected chi connectivity index (χ0v) is 15.0. The van der Waals surface area contributed by atoms with Crippen LogP contribution in [0.1, 0.15) is 42.7 Å². The first kappa shape index (κ1) is 18.5. The van der Waals surface area contributed by atoms with Crippen molar-refractivity contribution in [2.45, 2.75) is 26.8 Å². The molecule has 0 spiro atoms. The predicted molar refractivity (Wildman–Crippen MR) is 98.8 cm³/mol. The molecule has 5 nitrogen and oxygen atoms in total. The molecule has 2 N–H and O–H groups in total. The van der Waals surface area contributed by atoms with E-state index in [9.17, 15) is 9.59 Å². The van der Waals surface area contributed by atoms with Crippen LogP contribution in [0.4, 0.5) is 5.69 Å². The van der Waals surface area contributed by atoms with Gasteiger partial charge in [-0.3, -0.25) is 9.59 Å². The maximum absolute atomic E-state index is 12.6. The van der Waals surface area contributed by atoms with Crippen molar-refractivity contribution in [2.75, 3.05) is 12.4 Å². The Hall–Kier alpha value is -2.82. The second-order valence-corrected chi connectivity index (χ2v) is 6.23. The summed E-state index contributed by atoms with van der Waals surface area (Å²) in [6.45, 7) is 5.58. The summed E-state index contributed by atoms with van der Waals surface area (Å²) in [5, 5.41) is 5.76. The molecule has 0 saturated carbocycles. The van der Waals surface area contributed by atoms with Crippen LogP contribution in [0.3, 0.4) is 0 Å². The number of methoxy groups -OCH3 is 1. The van der Waals surface area contributed by atoms with E-state index in [0.29, 0.717) is 11.3 Å². The van der Waals surface area contributed by atoms with Crippen molar-refractivity contribution >= 4 is 17.5 Å². The van der Waals surface area contributed by atoms with Crippen molar-refractivity contribution < 1.29 is 14.3 Å². The molecule has 2 aromatic carbocycles. The Morgan fingerprint density at radius 3 is 2.04 bits per heavy atom. The van der Waals surface area contributed by atoms with Gasteiger partial charge in [-0.15, -0.1) is 0 Å². The Morgan fingerprint density at radius 2 is 1.56 bits per heavy atom. The van der Waals surface area contributed by atoms with Gasteiger partial charge in [0, 0.05) is 18.2 Å². The third-order valence-electron chi connectivity index (χ3n) is 3.90. The molecule has 0 aliphatic carbocycles. The number of nitrogens with one attached hydrogen (secondary N) is 2. The topological polar surface area (TPSA) is 67.4 Å². The van der Waals surface area contributed by atoms with Gasteiger partial charge in [-0.05, 0) is 47.9 Å². The van der Waals surface area contributed by atoms with Gasteiger partial charge in [0.1, 0.15) is 5.75 Å². The normalized spacial score (nSPS) is 11.7. The summed E-state index contributed by atoms with van der Waals surface area (Å²) < 4.78 is 5.18. The van der Waals surface area contributed by atoms with E-state index in [1.54, 1.807) is 31.4 Å². The smallest absolute Gasteiger partial charge is 0.251 e. The molecular formula is C20H24N2O3. The summed E-state index contributed by atoms with van der Waals surface area (Å²) in [6, 6.07) is 14.4. The molecule has 0 bridgehead atoms. The number of rotatable bonds is 6. The fraction of sp³-hybridized carbons (Fsp3) is 0.300. The van der Waals surface area contributed by atoms with Gasteiger partial charge in [0.05, 0.1) is 13.2 Å². The number of amides is 2. The molecule has 0 fully saturated rings. The van der Waals surface area contributed by atoms with E-state index in [1.165, 1.54) is 6.92 Å². The summed E-state index contributed by atoms with van der Waals surface area (Å²) >= 11 is 0. The summed E-state index contributed by atoms with van der Waals surface area (Å²) in [7, 11) is 1.63. The average molecular weight is 340 g/mol. The van der Waals surface area contributed by atoms with Crippen molar-refractivity contribution in [3.05, 3.63) is 59.7 Å². The highest BCUT2D eigenvalue weighted by Crippen LogP contribution is 2.24. The minimum Gasteiger partial charge on any atom is -0.497 e. The third kappa shape index (κ3) is 5.08. The molecule has 0 saturated heterocycles. The molecule has 5 heteroatoms. The summed E-state index contributed by atoms with van der Waals surface area (Å²) in [6.07, 6.45) is 0. The third-order valence-corrected chi connectivity index (χ3v) is 3.90. The van der Waals surface area contributed by atoms with Crippen LogP contribution in [0, 0.1) is 5.92 Å². The second-order valence-electron chi connectivity index (χ2n) is 6.23. The Bertz CT molecular complexity index is 722. The van der Waals surface area contributed by atoms with Gasteiger partial charge in [-0.25, -0.2) is 0 Å². The lowest BCUT2D eigenvalue weighted by atomic mass is 9.95. The van der Waals surface area contributed by atoms with Gasteiger partial charge in [-0.1, -0.05) is 26.0 Å². The van der Waals surface area contributed by atoms with Crippen LogP contribution >= 0.6 is 0 Å². The number of hydrogen-bond acceptors (Lipinski definition) is 3. The molecule has 0 aromatic heterocycles. The SMILES string of the molecule is COc1ccc([C@H](NC(=O)c2ccc(NC(C)=O)cc2)C(C)C)cc1. The molecule has 2 rings (SSSR count). The molecule has 0 heterocycles. The van der Waals surface area contributed by atoms with Crippen LogP contribution in [0.25, 0.3) is 0 Å². The van der Waals surface area contributed by atoms with E-state index in [4.69, 9.17) is 4.74 Å². The highest BCUT2D eigenvalue weighted by atomic mass is 16.5. The first-order chi connectivity index (χ1) is 11.9. The zero-order valence-electron chi connectivity index (χ0n) is 15.0. The van der Waals surface area contributed by atoms with Crippen molar-refractivity contribution in [1.29, 1.82) is 0 Å². The van der Waals surface area contributed by atoms with Gasteiger partial charge < -0.3 is 15.4 Å². The fourth-order valence-corrected chi connectivity index (χ4v) is 2.58. The molecule has 0 aliphatic rings. The Morgan fingerprint density at radius 1 is 0.960 bits per heavy atom. The standard InChI is InChI=1S/C20H24N2O3/c1-13(2)19(15-7-11-18(25-4)12-8-15)22-20(24)16-5-9-17(10-6-16)21-14(3)23/h5-13,19H,1-4H3,(H,21,23)(H,22,24)/t19-/m1/s1. The number of ether oxygens (including phenoxy) is 1. The zero-order chi connectivity index (χ0) is 18.4. The maximum Gasteiger partial charge on any atom is 0.251 e. The minimum absolute atomic E-state index is 0.103. The maximum atomic E-state index is 12.6. The van der Waals surface area contributed by atoms with Gasteiger partial charge in [0.2, 0.25) is 5.91 Å². The van der Waals surface area contributed by atoms with E-state index in [2.05, 4.69) is 24.5 Å². The lowest BCUT2D eigenvalue weighted by Crippen LogP contribution is -2.31. The molecule has 0 unspecified atom stereocenters. The summed E-state index contributed by atoms with van der Waals surface area (Å²) in [4.78, 5) is 23.6. The van der Waals surface area contributed by atoms with Crippen LogP contribution in [0.5, 0.6) is 5.75 Å². The molecule has 25 heavy (non-hydrogen) atoms. The van der Waals surface area contributed by atoms with Crippen molar-refractivity contribution in [3.63, 3.8) is 0 Å². The lowest BCUT2D eigenvalue weighted by molar-refractivity contribution is -0.114. The quantitative estimate of drug-likeness (QED) is 0.841. The molecular weight excluding hydrogens is 316 g/mol. The first-order valence-corrected chi connectivity index (χ1v) is 8.23. The van der Waals surface area contributed by atoms with Crippen LogP contribution in [-0.4, -0.2) is 18.9 Å².